The fourth-order valence-corrected chi connectivity index (χ4v) is 3.45. The first-order chi connectivity index (χ1) is 9.00. The second-order valence-corrected chi connectivity index (χ2v) is 5.99. The van der Waals surface area contributed by atoms with Gasteiger partial charge >= 0.3 is 0 Å². The fourth-order valence-electron chi connectivity index (χ4n) is 3.45. The van der Waals surface area contributed by atoms with Gasteiger partial charge in [-0.15, -0.1) is 0 Å². The summed E-state index contributed by atoms with van der Waals surface area (Å²) in [5.74, 6) is 0.384. The van der Waals surface area contributed by atoms with E-state index in [0.717, 1.165) is 25.8 Å². The minimum absolute atomic E-state index is 0.119. The van der Waals surface area contributed by atoms with E-state index < -0.39 is 5.82 Å². The van der Waals surface area contributed by atoms with Gasteiger partial charge < -0.3 is 10.2 Å². The lowest BCUT2D eigenvalue weighted by molar-refractivity contribution is 0.0602. The van der Waals surface area contributed by atoms with E-state index in [-0.39, 0.29) is 11.4 Å². The maximum atomic E-state index is 13.2. The van der Waals surface area contributed by atoms with Gasteiger partial charge in [0.25, 0.3) is 5.91 Å². The largest absolute Gasteiger partial charge is 0.333 e. The average Bonchev–Trinajstić information content (AvgIpc) is 2.91. The van der Waals surface area contributed by atoms with Crippen LogP contribution in [0.5, 0.6) is 0 Å². The third kappa shape index (κ3) is 1.92. The number of nitrogens with one attached hydrogen (secondary N) is 1. The monoisotopic (exact) mass is 263 g/mol. The molecule has 2 aliphatic heterocycles. The molecule has 2 atom stereocenters. The maximum Gasteiger partial charge on any atom is 0.255 e. The first-order valence-electron chi connectivity index (χ1n) is 6.63. The van der Waals surface area contributed by atoms with E-state index >= 15 is 0 Å². The Morgan fingerprint density at radius 2 is 2.26 bits per heavy atom. The number of halogens is 1. The summed E-state index contributed by atoms with van der Waals surface area (Å²) in [5.41, 5.74) is 0.137. The van der Waals surface area contributed by atoms with Crippen molar-refractivity contribution < 1.29 is 9.18 Å². The van der Waals surface area contributed by atoms with Crippen molar-refractivity contribution in [2.45, 2.75) is 19.4 Å². The molecule has 1 aromatic rings. The van der Waals surface area contributed by atoms with E-state index in [1.807, 2.05) is 4.90 Å². The lowest BCUT2D eigenvalue weighted by atomic mass is 9.85. The standard InChI is InChI=1S/C14H18FN3O/c1-14(2)12-7-17-5-10(12)8-18(14)13(19)9-3-11(15)6-16-4-9/h3-4,6,10,12,17H,5,7-8H2,1-2H3. The van der Waals surface area contributed by atoms with Gasteiger partial charge in [0.15, 0.2) is 0 Å². The molecule has 5 heteroatoms. The highest BCUT2D eigenvalue weighted by molar-refractivity contribution is 5.94. The molecule has 2 aliphatic rings. The summed E-state index contributed by atoms with van der Waals surface area (Å²) in [6.07, 6.45) is 2.55. The number of pyridine rings is 1. The molecular weight excluding hydrogens is 245 g/mol. The molecule has 0 aliphatic carbocycles. The van der Waals surface area contributed by atoms with Gasteiger partial charge in [-0.3, -0.25) is 9.78 Å². The predicted molar refractivity (Wildman–Crippen MR) is 69.2 cm³/mol. The molecule has 102 valence electrons. The van der Waals surface area contributed by atoms with Crippen LogP contribution in [0, 0.1) is 17.7 Å². The Morgan fingerprint density at radius 1 is 1.47 bits per heavy atom. The van der Waals surface area contributed by atoms with Gasteiger partial charge in [0, 0.05) is 31.4 Å². The van der Waals surface area contributed by atoms with Crippen LogP contribution in [0.1, 0.15) is 24.2 Å². The number of carbonyl (C=O) groups is 1. The van der Waals surface area contributed by atoms with Crippen LogP contribution in [-0.4, -0.2) is 41.0 Å². The van der Waals surface area contributed by atoms with E-state index in [1.54, 1.807) is 0 Å². The first-order valence-corrected chi connectivity index (χ1v) is 6.63. The maximum absolute atomic E-state index is 13.2. The molecule has 19 heavy (non-hydrogen) atoms. The van der Waals surface area contributed by atoms with Gasteiger partial charge in [0.05, 0.1) is 11.8 Å². The van der Waals surface area contributed by atoms with Crippen molar-refractivity contribution >= 4 is 5.91 Å². The van der Waals surface area contributed by atoms with Crippen LogP contribution in [0.4, 0.5) is 4.39 Å². The number of hydrogen-bond donors (Lipinski definition) is 1. The summed E-state index contributed by atoms with van der Waals surface area (Å²) >= 11 is 0. The lowest BCUT2D eigenvalue weighted by Gasteiger charge is -2.35. The molecule has 2 saturated heterocycles. The zero-order valence-electron chi connectivity index (χ0n) is 11.2. The fraction of sp³-hybridized carbons (Fsp3) is 0.571. The Bertz CT molecular complexity index is 517. The van der Waals surface area contributed by atoms with Gasteiger partial charge in [-0.2, -0.15) is 0 Å². The normalized spacial score (nSPS) is 28.5. The Hall–Kier alpha value is -1.49. The van der Waals surface area contributed by atoms with Crippen LogP contribution in [0.25, 0.3) is 0 Å². The number of fused-ring (bicyclic) bond motifs is 1. The smallest absolute Gasteiger partial charge is 0.255 e. The molecule has 2 unspecified atom stereocenters. The van der Waals surface area contributed by atoms with Crippen LogP contribution in [-0.2, 0) is 0 Å². The Kier molecular flexibility index (Phi) is 2.82. The van der Waals surface area contributed by atoms with Crippen molar-refractivity contribution in [2.75, 3.05) is 19.6 Å². The summed E-state index contributed by atoms with van der Waals surface area (Å²) in [7, 11) is 0. The van der Waals surface area contributed by atoms with Crippen molar-refractivity contribution in [2.24, 2.45) is 11.8 Å². The zero-order valence-corrected chi connectivity index (χ0v) is 11.2. The van der Waals surface area contributed by atoms with E-state index in [0.29, 0.717) is 17.4 Å². The summed E-state index contributed by atoms with van der Waals surface area (Å²) in [6.45, 7) is 6.83. The predicted octanol–water partition coefficient (Wildman–Crippen LogP) is 1.29. The average molecular weight is 263 g/mol. The van der Waals surface area contributed by atoms with Gasteiger partial charge in [0.1, 0.15) is 5.82 Å². The van der Waals surface area contributed by atoms with Crippen LogP contribution < -0.4 is 5.32 Å². The molecule has 0 aromatic carbocycles. The third-order valence-electron chi connectivity index (χ3n) is 4.56. The second kappa shape index (κ2) is 4.27. The Labute approximate surface area is 112 Å². The molecule has 3 heterocycles. The molecule has 1 aromatic heterocycles. The number of nitrogens with zero attached hydrogens (tertiary/aromatic N) is 2. The molecule has 1 amide bonds. The highest BCUT2D eigenvalue weighted by Gasteiger charge is 2.51. The van der Waals surface area contributed by atoms with Gasteiger partial charge in [-0.25, -0.2) is 4.39 Å². The number of likely N-dealkylation sites (tertiary alicyclic amines) is 1. The van der Waals surface area contributed by atoms with Crippen LogP contribution >= 0.6 is 0 Å². The minimum Gasteiger partial charge on any atom is -0.333 e. The summed E-state index contributed by atoms with van der Waals surface area (Å²) in [4.78, 5) is 18.2. The van der Waals surface area contributed by atoms with Gasteiger partial charge in [-0.05, 0) is 31.7 Å². The van der Waals surface area contributed by atoms with Crippen LogP contribution in [0.15, 0.2) is 18.5 Å². The Balaban J connectivity index is 1.88. The number of amides is 1. The van der Waals surface area contributed by atoms with Gasteiger partial charge in [-0.1, -0.05) is 0 Å². The molecule has 1 N–H and O–H groups in total. The highest BCUT2D eigenvalue weighted by Crippen LogP contribution is 2.41. The minimum atomic E-state index is -0.468. The molecule has 0 radical (unpaired) electrons. The molecular formula is C14H18FN3O. The molecule has 0 spiro atoms. The number of carbonyl (C=O) groups excluding carboxylic acids is 1. The number of hydrogen-bond acceptors (Lipinski definition) is 3. The third-order valence-corrected chi connectivity index (χ3v) is 4.56. The van der Waals surface area contributed by atoms with Crippen molar-refractivity contribution in [1.29, 1.82) is 0 Å². The topological polar surface area (TPSA) is 45.2 Å². The highest BCUT2D eigenvalue weighted by atomic mass is 19.1. The van der Waals surface area contributed by atoms with E-state index in [9.17, 15) is 9.18 Å². The lowest BCUT2D eigenvalue weighted by Crippen LogP contribution is -2.47. The van der Waals surface area contributed by atoms with E-state index in [2.05, 4.69) is 24.1 Å². The SMILES string of the molecule is CC1(C)C2CNCC2CN1C(=O)c1cncc(F)c1. The van der Waals surface area contributed by atoms with Crippen molar-refractivity contribution in [3.05, 3.63) is 29.8 Å². The Morgan fingerprint density at radius 3 is 2.95 bits per heavy atom. The van der Waals surface area contributed by atoms with E-state index in [4.69, 9.17) is 0 Å². The molecule has 4 nitrogen and oxygen atoms in total. The summed E-state index contributed by atoms with van der Waals surface area (Å²) in [5, 5.41) is 3.38. The quantitative estimate of drug-likeness (QED) is 0.830. The summed E-state index contributed by atoms with van der Waals surface area (Å²) in [6, 6.07) is 1.26. The molecule has 0 saturated carbocycles. The molecule has 3 rings (SSSR count). The summed E-state index contributed by atoms with van der Waals surface area (Å²) < 4.78 is 13.2. The number of aromatic nitrogens is 1. The van der Waals surface area contributed by atoms with Crippen molar-refractivity contribution in [3.63, 3.8) is 0 Å². The van der Waals surface area contributed by atoms with Crippen LogP contribution in [0.3, 0.4) is 0 Å². The van der Waals surface area contributed by atoms with Crippen molar-refractivity contribution in [1.82, 2.24) is 15.2 Å². The molecule has 0 bridgehead atoms. The molecule has 2 fully saturated rings. The van der Waals surface area contributed by atoms with Crippen LogP contribution in [0.2, 0.25) is 0 Å². The number of rotatable bonds is 1. The van der Waals surface area contributed by atoms with Crippen molar-refractivity contribution in [3.8, 4) is 0 Å². The zero-order chi connectivity index (χ0) is 13.6. The first kappa shape index (κ1) is 12.5. The van der Waals surface area contributed by atoms with Gasteiger partial charge in [0.2, 0.25) is 0 Å². The van der Waals surface area contributed by atoms with E-state index in [1.165, 1.54) is 12.3 Å². The second-order valence-electron chi connectivity index (χ2n) is 5.99.